The molecule has 142 valence electrons. The van der Waals surface area contributed by atoms with Gasteiger partial charge in [0.25, 0.3) is 5.91 Å². The summed E-state index contributed by atoms with van der Waals surface area (Å²) in [5, 5.41) is 6.40. The monoisotopic (exact) mass is 404 g/mol. The minimum atomic E-state index is -4.84. The van der Waals surface area contributed by atoms with Crippen molar-refractivity contribution < 1.29 is 27.1 Å². The van der Waals surface area contributed by atoms with E-state index in [9.17, 15) is 18.0 Å². The largest absolute Gasteiger partial charge is 0.573 e. The molecule has 4 aromatic rings. The average Bonchev–Trinajstić information content (AvgIpc) is 3.29. The van der Waals surface area contributed by atoms with Crippen LogP contribution in [0.1, 0.15) is 10.4 Å². The number of hydrogen-bond donors (Lipinski definition) is 1. The fraction of sp³-hybridized carbons (Fsp3) is 0.0526. The molecule has 0 unspecified atom stereocenters. The van der Waals surface area contributed by atoms with Crippen LogP contribution in [0.5, 0.6) is 5.75 Å². The number of oxazole rings is 1. The van der Waals surface area contributed by atoms with E-state index >= 15 is 0 Å². The predicted molar refractivity (Wildman–Crippen MR) is 98.4 cm³/mol. The fourth-order valence-electron chi connectivity index (χ4n) is 2.59. The first-order chi connectivity index (χ1) is 13.4. The number of fused-ring (bicyclic) bond motifs is 1. The second-order valence-electron chi connectivity index (χ2n) is 5.74. The van der Waals surface area contributed by atoms with Crippen LogP contribution in [0.4, 0.5) is 19.2 Å². The zero-order valence-electron chi connectivity index (χ0n) is 14.0. The molecule has 9 heteroatoms. The van der Waals surface area contributed by atoms with E-state index in [1.165, 1.54) is 12.1 Å². The van der Waals surface area contributed by atoms with Crippen LogP contribution in [0.25, 0.3) is 22.2 Å². The summed E-state index contributed by atoms with van der Waals surface area (Å²) in [6, 6.07) is 12.1. The number of nitrogens with zero attached hydrogens (tertiary/aromatic N) is 1. The molecule has 0 bridgehead atoms. The van der Waals surface area contributed by atoms with E-state index in [1.807, 2.05) is 29.0 Å². The van der Waals surface area contributed by atoms with Gasteiger partial charge in [-0.3, -0.25) is 10.1 Å². The molecule has 2 aromatic heterocycles. The van der Waals surface area contributed by atoms with Crippen LogP contribution in [0.2, 0.25) is 0 Å². The molecule has 1 amide bonds. The summed E-state index contributed by atoms with van der Waals surface area (Å²) in [4.78, 5) is 16.5. The van der Waals surface area contributed by atoms with E-state index in [-0.39, 0.29) is 11.6 Å². The highest BCUT2D eigenvalue weighted by molar-refractivity contribution is 7.08. The number of carbonyl (C=O) groups is 1. The maximum atomic E-state index is 12.3. The van der Waals surface area contributed by atoms with E-state index in [0.717, 1.165) is 23.3 Å². The lowest BCUT2D eigenvalue weighted by Gasteiger charge is -2.09. The predicted octanol–water partition coefficient (Wildman–Crippen LogP) is 5.71. The van der Waals surface area contributed by atoms with Crippen LogP contribution in [-0.2, 0) is 0 Å². The van der Waals surface area contributed by atoms with Gasteiger partial charge in [-0.15, -0.1) is 13.2 Å². The smallest absolute Gasteiger partial charge is 0.423 e. The van der Waals surface area contributed by atoms with E-state index < -0.39 is 18.0 Å². The number of halogens is 3. The normalized spacial score (nSPS) is 11.5. The molecule has 28 heavy (non-hydrogen) atoms. The summed E-state index contributed by atoms with van der Waals surface area (Å²) < 4.78 is 46.3. The highest BCUT2D eigenvalue weighted by atomic mass is 32.1. The van der Waals surface area contributed by atoms with E-state index in [1.54, 1.807) is 17.4 Å². The standard InChI is InChI=1S/C19H11F3N2O3S/c20-19(21,22)27-14-3-1-2-12(8-14)17(25)24-18-23-15-9-11(4-5-16(15)26-18)13-6-7-28-10-13/h1-10H,(H,23,24,25). The maximum absolute atomic E-state index is 12.3. The molecule has 2 aromatic carbocycles. The van der Waals surface area contributed by atoms with Gasteiger partial charge in [-0.1, -0.05) is 12.1 Å². The Morgan fingerprint density at radius 3 is 2.71 bits per heavy atom. The molecule has 0 aliphatic heterocycles. The van der Waals surface area contributed by atoms with Crippen molar-refractivity contribution in [1.82, 2.24) is 4.98 Å². The first-order valence-corrected chi connectivity index (χ1v) is 8.92. The van der Waals surface area contributed by atoms with Crippen molar-refractivity contribution in [1.29, 1.82) is 0 Å². The van der Waals surface area contributed by atoms with Gasteiger partial charge in [0.15, 0.2) is 5.58 Å². The Labute approximate surface area is 160 Å². The Bertz CT molecular complexity index is 1140. The fourth-order valence-corrected chi connectivity index (χ4v) is 3.26. The number of nitrogens with one attached hydrogen (secondary N) is 1. The number of thiophene rings is 1. The first-order valence-electron chi connectivity index (χ1n) is 7.98. The number of carbonyl (C=O) groups excluding carboxylic acids is 1. The molecule has 4 rings (SSSR count). The van der Waals surface area contributed by atoms with Crippen molar-refractivity contribution in [3.8, 4) is 16.9 Å². The Hall–Kier alpha value is -3.33. The van der Waals surface area contributed by atoms with Crippen LogP contribution in [0, 0.1) is 0 Å². The number of ether oxygens (including phenoxy) is 1. The number of anilines is 1. The van der Waals surface area contributed by atoms with Gasteiger partial charge in [-0.25, -0.2) is 0 Å². The third-order valence-corrected chi connectivity index (χ3v) is 4.48. The summed E-state index contributed by atoms with van der Waals surface area (Å²) in [6.45, 7) is 0. The quantitative estimate of drug-likeness (QED) is 0.473. The number of alkyl halides is 3. The number of amides is 1. The molecule has 0 radical (unpaired) electrons. The van der Waals surface area contributed by atoms with Gasteiger partial charge in [-0.2, -0.15) is 16.3 Å². The van der Waals surface area contributed by atoms with Gasteiger partial charge < -0.3 is 9.15 Å². The number of benzene rings is 2. The topological polar surface area (TPSA) is 64.4 Å². The third kappa shape index (κ3) is 3.99. The number of rotatable bonds is 4. The molecule has 0 saturated heterocycles. The van der Waals surface area contributed by atoms with Crippen molar-refractivity contribution in [2.24, 2.45) is 0 Å². The Balaban J connectivity index is 1.54. The molecule has 2 heterocycles. The minimum absolute atomic E-state index is 0.0250. The molecule has 0 fully saturated rings. The molecule has 1 N–H and O–H groups in total. The third-order valence-electron chi connectivity index (χ3n) is 3.79. The zero-order chi connectivity index (χ0) is 19.7. The van der Waals surface area contributed by atoms with Crippen molar-refractivity contribution >= 4 is 34.4 Å². The van der Waals surface area contributed by atoms with Crippen LogP contribution < -0.4 is 10.1 Å². The van der Waals surface area contributed by atoms with Gasteiger partial charge >= 0.3 is 12.4 Å². The lowest BCUT2D eigenvalue weighted by molar-refractivity contribution is -0.274. The lowest BCUT2D eigenvalue weighted by atomic mass is 10.1. The second-order valence-corrected chi connectivity index (χ2v) is 6.52. The summed E-state index contributed by atoms with van der Waals surface area (Å²) in [5.41, 5.74) is 3.00. The molecule has 0 saturated carbocycles. The molecule has 0 aliphatic carbocycles. The minimum Gasteiger partial charge on any atom is -0.423 e. The van der Waals surface area contributed by atoms with Crippen molar-refractivity contribution in [2.45, 2.75) is 6.36 Å². The van der Waals surface area contributed by atoms with Gasteiger partial charge in [-0.05, 0) is 58.3 Å². The van der Waals surface area contributed by atoms with Gasteiger partial charge in [0.2, 0.25) is 0 Å². The van der Waals surface area contributed by atoms with Crippen molar-refractivity contribution in [3.63, 3.8) is 0 Å². The molecule has 0 atom stereocenters. The zero-order valence-corrected chi connectivity index (χ0v) is 14.8. The Morgan fingerprint density at radius 1 is 1.11 bits per heavy atom. The number of aromatic nitrogens is 1. The highest BCUT2D eigenvalue weighted by Gasteiger charge is 2.31. The average molecular weight is 404 g/mol. The molecule has 0 aliphatic rings. The molecular formula is C19H11F3N2O3S. The first kappa shape index (κ1) is 18.1. The summed E-state index contributed by atoms with van der Waals surface area (Å²) in [7, 11) is 0. The van der Waals surface area contributed by atoms with E-state index in [2.05, 4.69) is 15.0 Å². The van der Waals surface area contributed by atoms with Crippen LogP contribution in [0.3, 0.4) is 0 Å². The summed E-state index contributed by atoms with van der Waals surface area (Å²) in [5.74, 6) is -1.16. The maximum Gasteiger partial charge on any atom is 0.573 e. The Kier molecular flexibility index (Phi) is 4.52. The Morgan fingerprint density at radius 2 is 1.96 bits per heavy atom. The van der Waals surface area contributed by atoms with Gasteiger partial charge in [0.1, 0.15) is 11.3 Å². The summed E-state index contributed by atoms with van der Waals surface area (Å²) in [6.07, 6.45) is -4.84. The van der Waals surface area contributed by atoms with Gasteiger partial charge in [0.05, 0.1) is 0 Å². The summed E-state index contributed by atoms with van der Waals surface area (Å²) >= 11 is 1.57. The van der Waals surface area contributed by atoms with Crippen LogP contribution >= 0.6 is 11.3 Å². The highest BCUT2D eigenvalue weighted by Crippen LogP contribution is 2.28. The SMILES string of the molecule is O=C(Nc1nc2cc(-c3ccsc3)ccc2o1)c1cccc(OC(F)(F)F)c1. The van der Waals surface area contributed by atoms with Gasteiger partial charge in [0, 0.05) is 5.56 Å². The van der Waals surface area contributed by atoms with Crippen LogP contribution in [0.15, 0.2) is 63.7 Å². The van der Waals surface area contributed by atoms with Crippen LogP contribution in [-0.4, -0.2) is 17.3 Å². The van der Waals surface area contributed by atoms with Crippen molar-refractivity contribution in [3.05, 3.63) is 64.9 Å². The lowest BCUT2D eigenvalue weighted by Crippen LogP contribution is -2.18. The van der Waals surface area contributed by atoms with E-state index in [0.29, 0.717) is 11.1 Å². The molecule has 0 spiro atoms. The molecular weight excluding hydrogens is 393 g/mol. The molecule has 5 nitrogen and oxygen atoms in total. The van der Waals surface area contributed by atoms with Crippen molar-refractivity contribution in [2.75, 3.05) is 5.32 Å². The second kappa shape index (κ2) is 7.01. The number of hydrogen-bond acceptors (Lipinski definition) is 5. The van der Waals surface area contributed by atoms with E-state index in [4.69, 9.17) is 4.42 Å².